The Morgan fingerprint density at radius 1 is 1.19 bits per heavy atom. The molecule has 0 aliphatic carbocycles. The summed E-state index contributed by atoms with van der Waals surface area (Å²) in [7, 11) is 3.17. The van der Waals surface area contributed by atoms with Gasteiger partial charge in [0.1, 0.15) is 11.6 Å². The van der Waals surface area contributed by atoms with E-state index in [2.05, 4.69) is 27.7 Å². The molecule has 31 heavy (non-hydrogen) atoms. The van der Waals surface area contributed by atoms with Crippen LogP contribution in [0, 0.1) is 11.6 Å². The highest BCUT2D eigenvalue weighted by atomic mass is 19.1. The molecule has 2 unspecified atom stereocenters. The summed E-state index contributed by atoms with van der Waals surface area (Å²) in [5.41, 5.74) is 8.31. The number of rotatable bonds is 3. The summed E-state index contributed by atoms with van der Waals surface area (Å²) in [6, 6.07) is 4.60. The molecule has 1 aromatic carbocycles. The van der Waals surface area contributed by atoms with Crippen LogP contribution in [0.25, 0.3) is 27.8 Å². The van der Waals surface area contributed by atoms with Gasteiger partial charge in [0.25, 0.3) is 0 Å². The average molecular weight is 426 g/mol. The minimum absolute atomic E-state index is 0.110. The summed E-state index contributed by atoms with van der Waals surface area (Å²) in [6.45, 7) is 2.76. The second-order valence-electron chi connectivity index (χ2n) is 7.66. The number of aryl methyl sites for hydroxylation is 1. The van der Waals surface area contributed by atoms with Crippen LogP contribution in [0.3, 0.4) is 0 Å². The van der Waals surface area contributed by atoms with Crippen molar-refractivity contribution in [2.24, 2.45) is 7.05 Å². The highest BCUT2D eigenvalue weighted by molar-refractivity contribution is 6.04. The Hall–Kier alpha value is -3.37. The molecule has 5 rings (SSSR count). The van der Waals surface area contributed by atoms with Crippen LogP contribution >= 0.6 is 0 Å². The summed E-state index contributed by atoms with van der Waals surface area (Å²) in [5, 5.41) is 0.649. The molecule has 1 saturated heterocycles. The zero-order chi connectivity index (χ0) is 21.9. The maximum absolute atomic E-state index is 14.6. The molecule has 4 aromatic rings. The molecule has 4 heterocycles. The number of nitrogens with one attached hydrogen (secondary N) is 2. The van der Waals surface area contributed by atoms with Crippen LogP contribution in [0.2, 0.25) is 0 Å². The fourth-order valence-electron chi connectivity index (χ4n) is 4.26. The van der Waals surface area contributed by atoms with E-state index in [1.165, 1.54) is 9.13 Å². The van der Waals surface area contributed by atoms with Crippen molar-refractivity contribution in [1.82, 2.24) is 30.0 Å². The topological polar surface area (TPSA) is 86.0 Å². The largest absolute Gasteiger partial charge is 0.496 e. The van der Waals surface area contributed by atoms with Gasteiger partial charge in [-0.2, -0.15) is 0 Å². The molecule has 10 heteroatoms. The maximum Gasteiger partial charge on any atom is 0.334 e. The molecule has 0 saturated carbocycles. The summed E-state index contributed by atoms with van der Waals surface area (Å²) in [5.74, 6) is -1.22. The Labute approximate surface area is 175 Å². The van der Waals surface area contributed by atoms with Gasteiger partial charge in [-0.25, -0.2) is 23.1 Å². The Bertz CT molecular complexity index is 1400. The minimum Gasteiger partial charge on any atom is -0.496 e. The number of halogens is 2. The quantitative estimate of drug-likeness (QED) is 0.522. The van der Waals surface area contributed by atoms with E-state index in [0.29, 0.717) is 40.3 Å². The molecule has 1 fully saturated rings. The highest BCUT2D eigenvalue weighted by Gasteiger charge is 2.28. The van der Waals surface area contributed by atoms with Gasteiger partial charge in [0.05, 0.1) is 36.1 Å². The zero-order valence-electron chi connectivity index (χ0n) is 17.1. The predicted octanol–water partition coefficient (Wildman–Crippen LogP) is 2.14. The maximum atomic E-state index is 14.6. The first kappa shape index (κ1) is 19.6. The van der Waals surface area contributed by atoms with E-state index in [4.69, 9.17) is 4.74 Å². The number of fused-ring (bicyclic) bond motifs is 3. The lowest BCUT2D eigenvalue weighted by Gasteiger charge is -2.18. The molecular formula is C21H20F2N6O2. The second kappa shape index (κ2) is 7.10. The monoisotopic (exact) mass is 426 g/mol. The minimum atomic E-state index is -0.925. The third-order valence-electron chi connectivity index (χ3n) is 5.89. The average Bonchev–Trinajstić information content (AvgIpc) is 3.29. The third kappa shape index (κ3) is 2.90. The van der Waals surface area contributed by atoms with Crippen molar-refractivity contribution in [1.29, 1.82) is 0 Å². The number of hydrogen-bond donors (Lipinski definition) is 2. The molecule has 2 atom stereocenters. The van der Waals surface area contributed by atoms with E-state index in [0.717, 1.165) is 11.8 Å². The van der Waals surface area contributed by atoms with Crippen LogP contribution in [0.15, 0.2) is 35.4 Å². The molecular weight excluding hydrogens is 406 g/mol. The van der Waals surface area contributed by atoms with Gasteiger partial charge in [0, 0.05) is 48.6 Å². The first-order chi connectivity index (χ1) is 14.9. The molecule has 0 radical (unpaired) electrons. The van der Waals surface area contributed by atoms with Gasteiger partial charge < -0.3 is 4.74 Å². The van der Waals surface area contributed by atoms with E-state index in [1.54, 1.807) is 20.4 Å². The number of hydrogen-bond acceptors (Lipinski definition) is 6. The number of hydrazine groups is 1. The molecule has 1 aliphatic rings. The number of benzene rings is 1. The Balaban J connectivity index is 1.89. The lowest BCUT2D eigenvalue weighted by Crippen LogP contribution is -2.28. The van der Waals surface area contributed by atoms with Crippen LogP contribution in [0.5, 0.6) is 5.75 Å². The van der Waals surface area contributed by atoms with Gasteiger partial charge in [-0.1, -0.05) is 0 Å². The summed E-state index contributed by atoms with van der Waals surface area (Å²) in [4.78, 5) is 21.4. The van der Waals surface area contributed by atoms with Gasteiger partial charge in [0.2, 0.25) is 0 Å². The lowest BCUT2D eigenvalue weighted by molar-refractivity contribution is 0.405. The van der Waals surface area contributed by atoms with E-state index in [9.17, 15) is 13.6 Å². The van der Waals surface area contributed by atoms with Crippen molar-refractivity contribution in [3.63, 3.8) is 0 Å². The van der Waals surface area contributed by atoms with Crippen molar-refractivity contribution >= 4 is 21.9 Å². The third-order valence-corrected chi connectivity index (χ3v) is 5.89. The van der Waals surface area contributed by atoms with Crippen LogP contribution in [0.4, 0.5) is 8.78 Å². The fraction of sp³-hybridized carbons (Fsp3) is 0.286. The van der Waals surface area contributed by atoms with Crippen molar-refractivity contribution in [2.75, 3.05) is 13.7 Å². The van der Waals surface area contributed by atoms with Crippen LogP contribution in [0.1, 0.15) is 18.4 Å². The van der Waals surface area contributed by atoms with Crippen molar-refractivity contribution < 1.29 is 13.5 Å². The Morgan fingerprint density at radius 2 is 2.00 bits per heavy atom. The van der Waals surface area contributed by atoms with Gasteiger partial charge in [0.15, 0.2) is 11.6 Å². The number of nitrogens with zero attached hydrogens (tertiary/aromatic N) is 4. The van der Waals surface area contributed by atoms with Crippen LogP contribution in [-0.2, 0) is 7.05 Å². The van der Waals surface area contributed by atoms with Gasteiger partial charge in [-0.05, 0) is 13.0 Å². The van der Waals surface area contributed by atoms with E-state index in [-0.39, 0.29) is 17.8 Å². The normalized spacial score (nSPS) is 18.9. The number of imidazole rings is 1. The van der Waals surface area contributed by atoms with Gasteiger partial charge >= 0.3 is 5.69 Å². The summed E-state index contributed by atoms with van der Waals surface area (Å²) >= 11 is 0. The molecule has 1 aliphatic heterocycles. The number of ether oxygens (including phenoxy) is 1. The van der Waals surface area contributed by atoms with Gasteiger partial charge in [-0.15, -0.1) is 0 Å². The van der Waals surface area contributed by atoms with Crippen molar-refractivity contribution in [2.45, 2.75) is 18.9 Å². The number of pyridine rings is 2. The summed E-state index contributed by atoms with van der Waals surface area (Å²) < 4.78 is 36.2. The molecule has 0 bridgehead atoms. The smallest absolute Gasteiger partial charge is 0.334 e. The molecule has 8 nitrogen and oxygen atoms in total. The molecule has 160 valence electrons. The van der Waals surface area contributed by atoms with E-state index in [1.807, 2.05) is 12.1 Å². The van der Waals surface area contributed by atoms with Crippen LogP contribution in [-0.4, -0.2) is 38.8 Å². The highest BCUT2D eigenvalue weighted by Crippen LogP contribution is 2.36. The van der Waals surface area contributed by atoms with Gasteiger partial charge in [-0.3, -0.25) is 20.4 Å². The Morgan fingerprint density at radius 3 is 2.68 bits per heavy atom. The Kier molecular flexibility index (Phi) is 4.49. The first-order valence-electron chi connectivity index (χ1n) is 9.78. The van der Waals surface area contributed by atoms with E-state index < -0.39 is 17.3 Å². The van der Waals surface area contributed by atoms with Crippen molar-refractivity contribution in [3.8, 4) is 11.6 Å². The van der Waals surface area contributed by atoms with Crippen LogP contribution < -0.4 is 21.3 Å². The molecule has 2 N–H and O–H groups in total. The molecule has 3 aromatic heterocycles. The van der Waals surface area contributed by atoms with E-state index >= 15 is 0 Å². The summed E-state index contributed by atoms with van der Waals surface area (Å²) in [6.07, 6.45) is 2.44. The standard InChI is InChI=1S/C21H20F2N6O2/c1-10-14(8-26-27-10)12-5-13-16(6-18(12)31-3)24-9-17-19(13)29(21(30)28(17)2)20-15(23)4-11(22)7-25-20/h4-7,9-10,14,26-27H,8H2,1-3H3. The van der Waals surface area contributed by atoms with Crippen molar-refractivity contribution in [3.05, 3.63) is 58.3 Å². The zero-order valence-corrected chi connectivity index (χ0v) is 17.1. The lowest BCUT2D eigenvalue weighted by atomic mass is 9.92. The first-order valence-corrected chi connectivity index (χ1v) is 9.78. The molecule has 0 amide bonds. The second-order valence-corrected chi connectivity index (χ2v) is 7.66. The fourth-order valence-corrected chi connectivity index (χ4v) is 4.26. The number of methoxy groups -OCH3 is 1. The molecule has 0 spiro atoms. The number of aromatic nitrogens is 4. The predicted molar refractivity (Wildman–Crippen MR) is 111 cm³/mol. The SMILES string of the molecule is COc1cc2ncc3c(c2cc1C1CNNC1C)n(-c1ncc(F)cc1F)c(=O)n3C.